The molecule has 1 N–H and O–H groups in total. The Bertz CT molecular complexity index is 972. The number of hydrogen-bond donors (Lipinski definition) is 1. The van der Waals surface area contributed by atoms with Gasteiger partial charge in [0.1, 0.15) is 11.6 Å². The van der Waals surface area contributed by atoms with Crippen LogP contribution in [0, 0.1) is 0 Å². The largest absolute Gasteiger partial charge is 0.454 e. The topological polar surface area (TPSA) is 59.5 Å². The van der Waals surface area contributed by atoms with E-state index in [1.165, 1.54) is 19.3 Å². The van der Waals surface area contributed by atoms with Gasteiger partial charge in [0.25, 0.3) is 0 Å². The van der Waals surface area contributed by atoms with Crippen molar-refractivity contribution in [3.8, 4) is 22.9 Å². The summed E-state index contributed by atoms with van der Waals surface area (Å²) < 4.78 is 10.9. The number of piperidine rings is 1. The number of nitrogens with one attached hydrogen (secondary N) is 1. The fraction of sp³-hybridized carbons (Fsp3) is 0.273. The standard InChI is InChI=1S/C22H22N4O2/c1-3-7-16(8-4-1)22-24-20(14-21(25-22)26-11-5-2-6-12-26)23-17-9-10-18-19(13-17)28-15-27-18/h1,3-4,7-10,13-14H,2,5-6,11-12,15H2,(H,23,24,25). The molecule has 5 rings (SSSR count). The highest BCUT2D eigenvalue weighted by Gasteiger charge is 2.17. The molecule has 6 heteroatoms. The molecule has 1 aromatic heterocycles. The van der Waals surface area contributed by atoms with E-state index >= 15 is 0 Å². The van der Waals surface area contributed by atoms with Crippen LogP contribution in [0.3, 0.4) is 0 Å². The van der Waals surface area contributed by atoms with Crippen LogP contribution in [0.1, 0.15) is 19.3 Å². The highest BCUT2D eigenvalue weighted by atomic mass is 16.7. The molecule has 1 saturated heterocycles. The van der Waals surface area contributed by atoms with Crippen LogP contribution in [0.2, 0.25) is 0 Å². The molecule has 3 heterocycles. The van der Waals surface area contributed by atoms with Crippen molar-refractivity contribution in [3.63, 3.8) is 0 Å². The molecular weight excluding hydrogens is 352 g/mol. The van der Waals surface area contributed by atoms with E-state index in [0.717, 1.165) is 53.3 Å². The van der Waals surface area contributed by atoms with Gasteiger partial charge in [0.05, 0.1) is 0 Å². The summed E-state index contributed by atoms with van der Waals surface area (Å²) in [7, 11) is 0. The monoisotopic (exact) mass is 374 g/mol. The predicted molar refractivity (Wildman–Crippen MR) is 109 cm³/mol. The smallest absolute Gasteiger partial charge is 0.231 e. The second kappa shape index (κ2) is 7.38. The minimum absolute atomic E-state index is 0.267. The van der Waals surface area contributed by atoms with E-state index in [9.17, 15) is 0 Å². The second-order valence-corrected chi connectivity index (χ2v) is 7.04. The summed E-state index contributed by atoms with van der Waals surface area (Å²) >= 11 is 0. The molecule has 2 aliphatic heterocycles. The van der Waals surface area contributed by atoms with Crippen molar-refractivity contribution in [2.45, 2.75) is 19.3 Å². The molecule has 0 saturated carbocycles. The number of anilines is 3. The number of hydrogen-bond acceptors (Lipinski definition) is 6. The van der Waals surface area contributed by atoms with E-state index in [-0.39, 0.29) is 6.79 Å². The van der Waals surface area contributed by atoms with Crippen molar-refractivity contribution in [1.29, 1.82) is 0 Å². The van der Waals surface area contributed by atoms with Crippen LogP contribution >= 0.6 is 0 Å². The van der Waals surface area contributed by atoms with Crippen LogP contribution in [-0.2, 0) is 0 Å². The molecule has 1 fully saturated rings. The van der Waals surface area contributed by atoms with Crippen molar-refractivity contribution in [1.82, 2.24) is 9.97 Å². The van der Waals surface area contributed by atoms with Gasteiger partial charge in [0, 0.05) is 36.5 Å². The number of fused-ring (bicyclic) bond motifs is 1. The Kier molecular flexibility index (Phi) is 4.45. The number of rotatable bonds is 4. The van der Waals surface area contributed by atoms with E-state index in [1.54, 1.807) is 0 Å². The highest BCUT2D eigenvalue weighted by molar-refractivity contribution is 5.67. The van der Waals surface area contributed by atoms with E-state index in [1.807, 2.05) is 54.6 Å². The van der Waals surface area contributed by atoms with Crippen LogP contribution in [0.4, 0.5) is 17.3 Å². The van der Waals surface area contributed by atoms with E-state index in [2.05, 4.69) is 10.2 Å². The van der Waals surface area contributed by atoms with Gasteiger partial charge in [-0.1, -0.05) is 30.3 Å². The fourth-order valence-electron chi connectivity index (χ4n) is 3.62. The Morgan fingerprint density at radius 3 is 2.50 bits per heavy atom. The quantitative estimate of drug-likeness (QED) is 0.720. The van der Waals surface area contributed by atoms with Gasteiger partial charge in [-0.05, 0) is 31.4 Å². The van der Waals surface area contributed by atoms with Gasteiger partial charge in [0.15, 0.2) is 17.3 Å². The van der Waals surface area contributed by atoms with Gasteiger partial charge in [0.2, 0.25) is 6.79 Å². The lowest BCUT2D eigenvalue weighted by molar-refractivity contribution is 0.174. The third kappa shape index (κ3) is 3.45. The van der Waals surface area contributed by atoms with Crippen LogP contribution in [0.15, 0.2) is 54.6 Å². The van der Waals surface area contributed by atoms with Crippen LogP contribution in [0.25, 0.3) is 11.4 Å². The molecule has 6 nitrogen and oxygen atoms in total. The molecule has 0 spiro atoms. The first-order chi connectivity index (χ1) is 13.8. The first kappa shape index (κ1) is 16.9. The molecule has 0 aliphatic carbocycles. The van der Waals surface area contributed by atoms with Crippen molar-refractivity contribution < 1.29 is 9.47 Å². The summed E-state index contributed by atoms with van der Waals surface area (Å²) in [6.45, 7) is 2.34. The third-order valence-electron chi connectivity index (χ3n) is 5.07. The molecule has 2 aliphatic rings. The molecule has 0 bridgehead atoms. The van der Waals surface area contributed by atoms with Crippen molar-refractivity contribution in [2.24, 2.45) is 0 Å². The van der Waals surface area contributed by atoms with Crippen molar-refractivity contribution in [3.05, 3.63) is 54.6 Å². The van der Waals surface area contributed by atoms with Crippen molar-refractivity contribution in [2.75, 3.05) is 30.1 Å². The van der Waals surface area contributed by atoms with Crippen LogP contribution in [0.5, 0.6) is 11.5 Å². The molecule has 0 radical (unpaired) electrons. The zero-order chi connectivity index (χ0) is 18.8. The van der Waals surface area contributed by atoms with Gasteiger partial charge in [-0.25, -0.2) is 9.97 Å². The van der Waals surface area contributed by atoms with Crippen molar-refractivity contribution >= 4 is 17.3 Å². The Balaban J connectivity index is 1.50. The molecule has 142 valence electrons. The summed E-state index contributed by atoms with van der Waals surface area (Å²) in [4.78, 5) is 12.0. The minimum Gasteiger partial charge on any atom is -0.454 e. The van der Waals surface area contributed by atoms with Gasteiger partial charge in [-0.2, -0.15) is 0 Å². The van der Waals surface area contributed by atoms with Crippen LogP contribution < -0.4 is 19.7 Å². The molecule has 0 unspecified atom stereocenters. The molecule has 0 atom stereocenters. The third-order valence-corrected chi connectivity index (χ3v) is 5.07. The van der Waals surface area contributed by atoms with Gasteiger partial charge < -0.3 is 19.7 Å². The number of ether oxygens (including phenoxy) is 2. The lowest BCUT2D eigenvalue weighted by Crippen LogP contribution is -2.30. The Morgan fingerprint density at radius 1 is 0.821 bits per heavy atom. The van der Waals surface area contributed by atoms with E-state index in [0.29, 0.717) is 0 Å². The van der Waals surface area contributed by atoms with Gasteiger partial charge >= 0.3 is 0 Å². The number of benzene rings is 2. The number of aromatic nitrogens is 2. The predicted octanol–water partition coefficient (Wildman–Crippen LogP) is 4.61. The lowest BCUT2D eigenvalue weighted by atomic mass is 10.1. The maximum Gasteiger partial charge on any atom is 0.231 e. The lowest BCUT2D eigenvalue weighted by Gasteiger charge is -2.28. The molecular formula is C22H22N4O2. The first-order valence-corrected chi connectivity index (χ1v) is 9.71. The fourth-order valence-corrected chi connectivity index (χ4v) is 3.62. The summed E-state index contributed by atoms with van der Waals surface area (Å²) in [5.74, 6) is 3.99. The first-order valence-electron chi connectivity index (χ1n) is 9.71. The zero-order valence-corrected chi connectivity index (χ0v) is 15.6. The van der Waals surface area contributed by atoms with E-state index < -0.39 is 0 Å². The molecule has 28 heavy (non-hydrogen) atoms. The zero-order valence-electron chi connectivity index (χ0n) is 15.6. The molecule has 2 aromatic carbocycles. The number of nitrogens with zero attached hydrogens (tertiary/aromatic N) is 3. The minimum atomic E-state index is 0.267. The molecule has 3 aromatic rings. The SMILES string of the molecule is c1ccc(-c2nc(Nc3ccc4c(c3)OCO4)cc(N3CCCCC3)n2)cc1. The average Bonchev–Trinajstić information content (AvgIpc) is 3.23. The van der Waals surface area contributed by atoms with Crippen LogP contribution in [-0.4, -0.2) is 29.9 Å². The summed E-state index contributed by atoms with van der Waals surface area (Å²) in [6, 6.07) is 18.0. The maximum absolute atomic E-state index is 5.49. The highest BCUT2D eigenvalue weighted by Crippen LogP contribution is 2.35. The summed E-state index contributed by atoms with van der Waals surface area (Å²) in [6.07, 6.45) is 3.70. The normalized spacial score (nSPS) is 15.5. The Morgan fingerprint density at radius 2 is 1.64 bits per heavy atom. The van der Waals surface area contributed by atoms with E-state index in [4.69, 9.17) is 19.4 Å². The Hall–Kier alpha value is -3.28. The summed E-state index contributed by atoms with van der Waals surface area (Å²) in [5, 5.41) is 3.41. The van der Waals surface area contributed by atoms with Gasteiger partial charge in [-0.3, -0.25) is 0 Å². The molecule has 0 amide bonds. The Labute approximate surface area is 164 Å². The second-order valence-electron chi connectivity index (χ2n) is 7.04. The van der Waals surface area contributed by atoms with Gasteiger partial charge in [-0.15, -0.1) is 0 Å². The average molecular weight is 374 g/mol. The maximum atomic E-state index is 5.49. The summed E-state index contributed by atoms with van der Waals surface area (Å²) in [5.41, 5.74) is 1.92.